The van der Waals surface area contributed by atoms with E-state index in [9.17, 15) is 4.79 Å². The van der Waals surface area contributed by atoms with Crippen LogP contribution in [-0.2, 0) is 7.05 Å². The van der Waals surface area contributed by atoms with E-state index in [1.165, 1.54) is 11.3 Å². The van der Waals surface area contributed by atoms with E-state index in [2.05, 4.69) is 10.3 Å². The van der Waals surface area contributed by atoms with Crippen molar-refractivity contribution in [3.05, 3.63) is 64.9 Å². The molecule has 1 aromatic carbocycles. The molecule has 1 unspecified atom stereocenters. The van der Waals surface area contributed by atoms with Crippen LogP contribution in [0, 0.1) is 0 Å². The molecule has 0 aliphatic rings. The molecule has 2 aromatic heterocycles. The van der Waals surface area contributed by atoms with Gasteiger partial charge in [0.1, 0.15) is 5.82 Å². The normalized spacial score (nSPS) is 12.1. The summed E-state index contributed by atoms with van der Waals surface area (Å²) in [7, 11) is 1.92. The van der Waals surface area contributed by atoms with Crippen molar-refractivity contribution in [2.24, 2.45) is 7.05 Å². The molecule has 3 aromatic rings. The van der Waals surface area contributed by atoms with Gasteiger partial charge in [-0.3, -0.25) is 4.79 Å². The lowest BCUT2D eigenvalue weighted by atomic mass is 10.1. The second kappa shape index (κ2) is 6.15. The summed E-state index contributed by atoms with van der Waals surface area (Å²) in [6.07, 6.45) is 3.60. The predicted octanol–water partition coefficient (Wildman–Crippen LogP) is 3.64. The lowest BCUT2D eigenvalue weighted by molar-refractivity contribution is 0.0942. The quantitative estimate of drug-likeness (QED) is 0.799. The van der Waals surface area contributed by atoms with Crippen LogP contribution in [0.4, 0.5) is 0 Å². The van der Waals surface area contributed by atoms with Crippen LogP contribution in [0.5, 0.6) is 0 Å². The first-order chi connectivity index (χ1) is 10.6. The highest BCUT2D eigenvalue weighted by Gasteiger charge is 2.16. The van der Waals surface area contributed by atoms with E-state index in [-0.39, 0.29) is 11.9 Å². The number of aryl methyl sites for hydroxylation is 1. The minimum atomic E-state index is -0.130. The average molecular weight is 311 g/mol. The van der Waals surface area contributed by atoms with Crippen LogP contribution in [0.15, 0.2) is 54.2 Å². The highest BCUT2D eigenvalue weighted by atomic mass is 32.1. The zero-order valence-electron chi connectivity index (χ0n) is 12.5. The summed E-state index contributed by atoms with van der Waals surface area (Å²) in [5.41, 5.74) is 2.19. The summed E-state index contributed by atoms with van der Waals surface area (Å²) < 4.78 is 1.91. The first-order valence-electron chi connectivity index (χ1n) is 7.07. The molecular weight excluding hydrogens is 294 g/mol. The summed E-state index contributed by atoms with van der Waals surface area (Å²) in [6, 6.07) is 11.9. The third kappa shape index (κ3) is 2.94. The van der Waals surface area contributed by atoms with Crippen LogP contribution in [0.25, 0.3) is 11.1 Å². The fourth-order valence-corrected chi connectivity index (χ4v) is 3.18. The van der Waals surface area contributed by atoms with Gasteiger partial charge in [-0.05, 0) is 29.5 Å². The van der Waals surface area contributed by atoms with Crippen molar-refractivity contribution in [2.75, 3.05) is 0 Å². The Bertz CT molecular complexity index is 776. The largest absolute Gasteiger partial charge is 0.342 e. The molecule has 1 atom stereocenters. The van der Waals surface area contributed by atoms with Gasteiger partial charge in [-0.1, -0.05) is 30.3 Å². The second-order valence-electron chi connectivity index (χ2n) is 5.16. The molecular formula is C17H17N3OS. The first kappa shape index (κ1) is 14.5. The number of hydrogen-bond acceptors (Lipinski definition) is 3. The highest BCUT2D eigenvalue weighted by Crippen LogP contribution is 2.25. The molecule has 0 spiro atoms. The maximum absolute atomic E-state index is 12.4. The molecule has 1 N–H and O–H groups in total. The maximum atomic E-state index is 12.4. The van der Waals surface area contributed by atoms with E-state index >= 15 is 0 Å². The number of hydrogen-bond donors (Lipinski definition) is 1. The van der Waals surface area contributed by atoms with E-state index < -0.39 is 0 Å². The number of nitrogens with one attached hydrogen (secondary N) is 1. The van der Waals surface area contributed by atoms with Gasteiger partial charge >= 0.3 is 0 Å². The standard InChI is InChI=1S/C17H17N3OS/c1-12(16-18-8-9-20(16)2)19-17(21)15-10-14(11-22-15)13-6-4-3-5-7-13/h3-12H,1-2H3,(H,19,21). The molecule has 4 nitrogen and oxygen atoms in total. The van der Waals surface area contributed by atoms with E-state index in [0.29, 0.717) is 4.88 Å². The van der Waals surface area contributed by atoms with Crippen molar-refractivity contribution < 1.29 is 4.79 Å². The minimum absolute atomic E-state index is 0.0670. The smallest absolute Gasteiger partial charge is 0.261 e. The van der Waals surface area contributed by atoms with E-state index in [0.717, 1.165) is 17.0 Å². The molecule has 0 bridgehead atoms. The van der Waals surface area contributed by atoms with Crippen LogP contribution in [0.1, 0.15) is 28.5 Å². The van der Waals surface area contributed by atoms with Gasteiger partial charge in [-0.15, -0.1) is 11.3 Å². The van der Waals surface area contributed by atoms with Crippen LogP contribution in [0.2, 0.25) is 0 Å². The van der Waals surface area contributed by atoms with E-state index in [4.69, 9.17) is 0 Å². The summed E-state index contributed by atoms with van der Waals surface area (Å²) in [6.45, 7) is 1.94. The Balaban J connectivity index is 1.74. The molecule has 0 fully saturated rings. The number of rotatable bonds is 4. The minimum Gasteiger partial charge on any atom is -0.342 e. The summed E-state index contributed by atoms with van der Waals surface area (Å²) in [5.74, 6) is 0.774. The number of imidazole rings is 1. The van der Waals surface area contributed by atoms with Gasteiger partial charge in [-0.2, -0.15) is 0 Å². The fourth-order valence-electron chi connectivity index (χ4n) is 2.36. The Hall–Kier alpha value is -2.40. The van der Waals surface area contributed by atoms with Gasteiger partial charge in [0.15, 0.2) is 0 Å². The predicted molar refractivity (Wildman–Crippen MR) is 88.8 cm³/mol. The van der Waals surface area contributed by atoms with E-state index in [1.807, 2.05) is 66.5 Å². The third-order valence-electron chi connectivity index (χ3n) is 3.52. The molecule has 22 heavy (non-hydrogen) atoms. The van der Waals surface area contributed by atoms with Crippen molar-refractivity contribution >= 4 is 17.2 Å². The third-order valence-corrected chi connectivity index (χ3v) is 4.45. The second-order valence-corrected chi connectivity index (χ2v) is 6.07. The monoisotopic (exact) mass is 311 g/mol. The number of benzene rings is 1. The Morgan fingerprint density at radius 3 is 2.73 bits per heavy atom. The van der Waals surface area contributed by atoms with Gasteiger partial charge in [0, 0.05) is 19.4 Å². The number of nitrogens with zero attached hydrogens (tertiary/aromatic N) is 2. The topological polar surface area (TPSA) is 46.9 Å². The number of thiophene rings is 1. The van der Waals surface area contributed by atoms with Crippen molar-refractivity contribution in [3.8, 4) is 11.1 Å². The Kier molecular flexibility index (Phi) is 4.06. The van der Waals surface area contributed by atoms with Crippen LogP contribution in [-0.4, -0.2) is 15.5 Å². The van der Waals surface area contributed by atoms with Crippen LogP contribution in [0.3, 0.4) is 0 Å². The van der Waals surface area contributed by atoms with Crippen LogP contribution < -0.4 is 5.32 Å². The molecule has 0 saturated carbocycles. The Labute approximate surface area is 133 Å². The van der Waals surface area contributed by atoms with Gasteiger partial charge < -0.3 is 9.88 Å². The molecule has 0 aliphatic carbocycles. The van der Waals surface area contributed by atoms with Crippen molar-refractivity contribution in [2.45, 2.75) is 13.0 Å². The number of carbonyl (C=O) groups is 1. The molecule has 2 heterocycles. The van der Waals surface area contributed by atoms with Gasteiger partial charge in [0.25, 0.3) is 5.91 Å². The average Bonchev–Trinajstić information content (AvgIpc) is 3.17. The number of aromatic nitrogens is 2. The van der Waals surface area contributed by atoms with Crippen LogP contribution >= 0.6 is 11.3 Å². The molecule has 112 valence electrons. The fraction of sp³-hybridized carbons (Fsp3) is 0.176. The molecule has 5 heteroatoms. The van der Waals surface area contributed by atoms with Crippen molar-refractivity contribution in [1.82, 2.24) is 14.9 Å². The summed E-state index contributed by atoms with van der Waals surface area (Å²) in [5, 5.41) is 5.00. The van der Waals surface area contributed by atoms with E-state index in [1.54, 1.807) is 6.20 Å². The zero-order valence-corrected chi connectivity index (χ0v) is 13.3. The van der Waals surface area contributed by atoms with Gasteiger partial charge in [0.05, 0.1) is 10.9 Å². The summed E-state index contributed by atoms with van der Waals surface area (Å²) >= 11 is 1.46. The number of amides is 1. The molecule has 1 amide bonds. The van der Waals surface area contributed by atoms with Gasteiger partial charge in [-0.25, -0.2) is 4.98 Å². The molecule has 3 rings (SSSR count). The zero-order chi connectivity index (χ0) is 15.5. The lowest BCUT2D eigenvalue weighted by Gasteiger charge is -2.12. The van der Waals surface area contributed by atoms with Crippen molar-refractivity contribution in [3.63, 3.8) is 0 Å². The first-order valence-corrected chi connectivity index (χ1v) is 7.95. The number of carbonyl (C=O) groups excluding carboxylic acids is 1. The Morgan fingerprint density at radius 1 is 1.27 bits per heavy atom. The molecule has 0 aliphatic heterocycles. The maximum Gasteiger partial charge on any atom is 0.261 e. The molecule has 0 saturated heterocycles. The highest BCUT2D eigenvalue weighted by molar-refractivity contribution is 7.12. The lowest BCUT2D eigenvalue weighted by Crippen LogP contribution is -2.27. The summed E-state index contributed by atoms with van der Waals surface area (Å²) in [4.78, 5) is 17.3. The van der Waals surface area contributed by atoms with Gasteiger partial charge in [0.2, 0.25) is 0 Å². The molecule has 0 radical (unpaired) electrons. The van der Waals surface area contributed by atoms with Crippen molar-refractivity contribution in [1.29, 1.82) is 0 Å². The SMILES string of the molecule is CC(NC(=O)c1cc(-c2ccccc2)cs1)c1nccn1C. The Morgan fingerprint density at radius 2 is 2.05 bits per heavy atom.